The predicted molar refractivity (Wildman–Crippen MR) is 122 cm³/mol. The van der Waals surface area contributed by atoms with Crippen molar-refractivity contribution in [1.82, 2.24) is 19.7 Å². The van der Waals surface area contributed by atoms with Crippen LogP contribution < -0.4 is 9.64 Å². The fourth-order valence-electron chi connectivity index (χ4n) is 3.77. The summed E-state index contributed by atoms with van der Waals surface area (Å²) in [6.45, 7) is 3.54. The van der Waals surface area contributed by atoms with Gasteiger partial charge in [0.1, 0.15) is 17.2 Å². The summed E-state index contributed by atoms with van der Waals surface area (Å²) in [5, 5.41) is 4.99. The number of hydrogen-bond donors (Lipinski definition) is 0. The summed E-state index contributed by atoms with van der Waals surface area (Å²) in [7, 11) is 1.63. The van der Waals surface area contributed by atoms with E-state index in [-0.39, 0.29) is 6.03 Å². The highest BCUT2D eigenvalue weighted by Gasteiger charge is 2.31. The summed E-state index contributed by atoms with van der Waals surface area (Å²) in [5.74, 6) is 1.35. The van der Waals surface area contributed by atoms with E-state index in [2.05, 4.69) is 10.1 Å². The van der Waals surface area contributed by atoms with Gasteiger partial charge in [-0.25, -0.2) is 14.5 Å². The van der Waals surface area contributed by atoms with Gasteiger partial charge in [0.05, 0.1) is 12.8 Å². The lowest BCUT2D eigenvalue weighted by Gasteiger charge is -2.17. The Morgan fingerprint density at radius 2 is 1.97 bits per heavy atom. The third kappa shape index (κ3) is 4.45. The molecule has 0 unspecified atom stereocenters. The molecule has 0 radical (unpaired) electrons. The van der Waals surface area contributed by atoms with Crippen LogP contribution in [0, 0.1) is 6.92 Å². The van der Waals surface area contributed by atoms with Crippen molar-refractivity contribution >= 4 is 29.7 Å². The largest absolute Gasteiger partial charge is 0.497 e. The number of carbonyl (C=O) groups excluding carboxylic acids is 2. The Hall–Kier alpha value is -3.39. The molecule has 1 aliphatic rings. The van der Waals surface area contributed by atoms with E-state index in [1.165, 1.54) is 0 Å². The van der Waals surface area contributed by atoms with Crippen molar-refractivity contribution in [3.63, 3.8) is 0 Å². The molecule has 1 aliphatic heterocycles. The number of carbonyl (C=O) groups is 2. The normalized spacial score (nSPS) is 13.7. The average Bonchev–Trinajstić information content (AvgIpc) is 3.40. The van der Waals surface area contributed by atoms with E-state index in [1.54, 1.807) is 27.8 Å². The van der Waals surface area contributed by atoms with Crippen LogP contribution in [-0.4, -0.2) is 52.2 Å². The van der Waals surface area contributed by atoms with Gasteiger partial charge in [-0.05, 0) is 37.1 Å². The van der Waals surface area contributed by atoms with Gasteiger partial charge in [-0.15, -0.1) is 5.10 Å². The van der Waals surface area contributed by atoms with Crippen LogP contribution in [0.4, 0.5) is 10.6 Å². The summed E-state index contributed by atoms with van der Waals surface area (Å²) < 4.78 is 6.88. The summed E-state index contributed by atoms with van der Waals surface area (Å²) in [6.07, 6.45) is 3.47. The van der Waals surface area contributed by atoms with Gasteiger partial charge in [0.15, 0.2) is 5.82 Å². The molecule has 8 nitrogen and oxygen atoms in total. The van der Waals surface area contributed by atoms with Gasteiger partial charge in [-0.3, -0.25) is 4.90 Å². The number of amides is 2. The third-order valence-corrected chi connectivity index (χ3v) is 5.73. The second kappa shape index (κ2) is 9.40. The zero-order valence-corrected chi connectivity index (χ0v) is 18.7. The number of rotatable bonds is 8. The van der Waals surface area contributed by atoms with E-state index in [0.29, 0.717) is 43.4 Å². The van der Waals surface area contributed by atoms with Gasteiger partial charge in [0.25, 0.3) is 0 Å². The quantitative estimate of drug-likeness (QED) is 0.382. The summed E-state index contributed by atoms with van der Waals surface area (Å²) in [4.78, 5) is 31.6. The van der Waals surface area contributed by atoms with Crippen molar-refractivity contribution in [3.8, 4) is 11.4 Å². The SMILES string of the molecule is COc1ccc(CN2CCN(c3ccn(-c4cc(C)nc(Cl)c4CCC=O)n3)C2=O)cc1. The predicted octanol–water partition coefficient (Wildman–Crippen LogP) is 3.81. The topological polar surface area (TPSA) is 80.6 Å². The minimum atomic E-state index is -0.0869. The summed E-state index contributed by atoms with van der Waals surface area (Å²) in [6, 6.07) is 11.3. The average molecular weight is 454 g/mol. The van der Waals surface area contributed by atoms with E-state index >= 15 is 0 Å². The molecular formula is C23H24ClN5O3. The minimum absolute atomic E-state index is 0.0869. The molecule has 0 spiro atoms. The van der Waals surface area contributed by atoms with E-state index in [4.69, 9.17) is 16.3 Å². The monoisotopic (exact) mass is 453 g/mol. The fourth-order valence-corrected chi connectivity index (χ4v) is 4.09. The molecule has 0 N–H and O–H groups in total. The first-order valence-electron chi connectivity index (χ1n) is 10.3. The second-order valence-electron chi connectivity index (χ2n) is 7.58. The molecule has 3 heterocycles. The zero-order chi connectivity index (χ0) is 22.7. The van der Waals surface area contributed by atoms with Crippen LogP contribution in [0.3, 0.4) is 0 Å². The molecule has 166 valence electrons. The Kier molecular flexibility index (Phi) is 6.41. The molecule has 1 saturated heterocycles. The molecule has 2 aromatic heterocycles. The lowest BCUT2D eigenvalue weighted by molar-refractivity contribution is -0.107. The number of anilines is 1. The zero-order valence-electron chi connectivity index (χ0n) is 18.0. The first-order valence-corrected chi connectivity index (χ1v) is 10.7. The number of aromatic nitrogens is 3. The first kappa shape index (κ1) is 21.8. The van der Waals surface area contributed by atoms with Crippen molar-refractivity contribution < 1.29 is 14.3 Å². The second-order valence-corrected chi connectivity index (χ2v) is 7.94. The standard InChI is InChI=1S/C23H24ClN5O3/c1-16-14-20(19(4-3-13-30)22(24)25-16)29-10-9-21(26-29)28-12-11-27(23(28)31)15-17-5-7-18(32-2)8-6-17/h5-10,13-14H,3-4,11-12,15H2,1-2H3. The van der Waals surface area contributed by atoms with Gasteiger partial charge >= 0.3 is 6.03 Å². The minimum Gasteiger partial charge on any atom is -0.497 e. The Morgan fingerprint density at radius 3 is 2.69 bits per heavy atom. The molecule has 1 aromatic carbocycles. The van der Waals surface area contributed by atoms with Crippen LogP contribution in [0.15, 0.2) is 42.6 Å². The van der Waals surface area contributed by atoms with E-state index in [9.17, 15) is 9.59 Å². The number of hydrogen-bond acceptors (Lipinski definition) is 5. The Bertz CT molecular complexity index is 1130. The van der Waals surface area contributed by atoms with Crippen LogP contribution >= 0.6 is 11.6 Å². The number of benzene rings is 1. The van der Waals surface area contributed by atoms with Crippen LogP contribution in [0.2, 0.25) is 5.15 Å². The maximum atomic E-state index is 13.0. The first-order chi connectivity index (χ1) is 15.5. The number of urea groups is 1. The molecule has 2 amide bonds. The van der Waals surface area contributed by atoms with Crippen molar-refractivity contribution in [2.75, 3.05) is 25.1 Å². The van der Waals surface area contributed by atoms with Gasteiger partial charge < -0.3 is 14.4 Å². The van der Waals surface area contributed by atoms with Crippen LogP contribution in [0.5, 0.6) is 5.75 Å². The number of aryl methyl sites for hydroxylation is 1. The van der Waals surface area contributed by atoms with E-state index in [0.717, 1.165) is 34.5 Å². The number of aldehydes is 1. The summed E-state index contributed by atoms with van der Waals surface area (Å²) in [5.41, 5.74) is 3.30. The summed E-state index contributed by atoms with van der Waals surface area (Å²) >= 11 is 6.35. The Morgan fingerprint density at radius 1 is 1.19 bits per heavy atom. The van der Waals surface area contributed by atoms with E-state index < -0.39 is 0 Å². The molecule has 0 bridgehead atoms. The van der Waals surface area contributed by atoms with Gasteiger partial charge in [0.2, 0.25) is 0 Å². The number of halogens is 1. The molecule has 32 heavy (non-hydrogen) atoms. The molecule has 0 atom stereocenters. The third-order valence-electron chi connectivity index (χ3n) is 5.42. The Labute approximate surface area is 191 Å². The highest BCUT2D eigenvalue weighted by molar-refractivity contribution is 6.30. The van der Waals surface area contributed by atoms with Crippen LogP contribution in [0.1, 0.15) is 23.2 Å². The van der Waals surface area contributed by atoms with Crippen LogP contribution in [0.25, 0.3) is 5.69 Å². The van der Waals surface area contributed by atoms with Crippen molar-refractivity contribution in [2.45, 2.75) is 26.3 Å². The maximum Gasteiger partial charge on any atom is 0.326 e. The molecule has 1 fully saturated rings. The Balaban J connectivity index is 1.53. The fraction of sp³-hybridized carbons (Fsp3) is 0.304. The molecular weight excluding hydrogens is 430 g/mol. The van der Waals surface area contributed by atoms with E-state index in [1.807, 2.05) is 43.3 Å². The number of pyridine rings is 1. The molecule has 0 saturated carbocycles. The number of nitrogens with zero attached hydrogens (tertiary/aromatic N) is 5. The molecule has 9 heteroatoms. The highest BCUT2D eigenvalue weighted by atomic mass is 35.5. The molecule has 4 rings (SSSR count). The van der Waals surface area contributed by atoms with Gasteiger partial charge in [0, 0.05) is 49.6 Å². The maximum absolute atomic E-state index is 13.0. The molecule has 0 aliphatic carbocycles. The smallest absolute Gasteiger partial charge is 0.326 e. The van der Waals surface area contributed by atoms with Gasteiger partial charge in [-0.2, -0.15) is 0 Å². The highest BCUT2D eigenvalue weighted by Crippen LogP contribution is 2.26. The van der Waals surface area contributed by atoms with Crippen LogP contribution in [-0.2, 0) is 17.8 Å². The lowest BCUT2D eigenvalue weighted by atomic mass is 10.1. The lowest BCUT2D eigenvalue weighted by Crippen LogP contribution is -2.31. The number of methoxy groups -OCH3 is 1. The molecule has 3 aromatic rings. The van der Waals surface area contributed by atoms with Crippen molar-refractivity contribution in [3.05, 3.63) is 64.6 Å². The van der Waals surface area contributed by atoms with Gasteiger partial charge in [-0.1, -0.05) is 23.7 Å². The van der Waals surface area contributed by atoms with Crippen molar-refractivity contribution in [2.24, 2.45) is 0 Å². The van der Waals surface area contributed by atoms with Crippen molar-refractivity contribution in [1.29, 1.82) is 0 Å². The number of ether oxygens (including phenoxy) is 1.